The molecule has 0 amide bonds. The number of hydrogen-bond acceptors (Lipinski definition) is 0. The smallest absolute Gasteiger partial charge is 0.0242 e. The lowest BCUT2D eigenvalue weighted by Gasteiger charge is -2.37. The number of aryl methyl sites for hydroxylation is 1. The first-order valence-corrected chi connectivity index (χ1v) is 6.20. The largest absolute Gasteiger partial charge is 0.0649 e. The van der Waals surface area contributed by atoms with Crippen LogP contribution in [0, 0.1) is 11.3 Å². The van der Waals surface area contributed by atoms with Gasteiger partial charge in [0.15, 0.2) is 0 Å². The molecular formula is C15H22. The molecule has 0 spiro atoms. The van der Waals surface area contributed by atoms with Crippen LogP contribution in [0.15, 0.2) is 24.3 Å². The molecule has 0 saturated heterocycles. The summed E-state index contributed by atoms with van der Waals surface area (Å²) in [5, 5.41) is 0. The summed E-state index contributed by atoms with van der Waals surface area (Å²) in [6, 6.07) is 8.96. The van der Waals surface area contributed by atoms with E-state index in [-0.39, 0.29) is 0 Å². The molecule has 1 atom stereocenters. The van der Waals surface area contributed by atoms with Crippen molar-refractivity contribution in [1.29, 1.82) is 0 Å². The summed E-state index contributed by atoms with van der Waals surface area (Å²) in [4.78, 5) is 0. The van der Waals surface area contributed by atoms with E-state index in [1.807, 2.05) is 0 Å². The van der Waals surface area contributed by atoms with Gasteiger partial charge in [0, 0.05) is 0 Å². The fourth-order valence-corrected chi connectivity index (χ4v) is 2.65. The molecule has 0 aromatic heterocycles. The molecule has 0 fully saturated rings. The molecule has 0 nitrogen and oxygen atoms in total. The van der Waals surface area contributed by atoms with E-state index in [9.17, 15) is 0 Å². The summed E-state index contributed by atoms with van der Waals surface area (Å²) < 4.78 is 0. The van der Waals surface area contributed by atoms with Gasteiger partial charge in [0.2, 0.25) is 0 Å². The number of rotatable bonds is 2. The van der Waals surface area contributed by atoms with Gasteiger partial charge in [0.25, 0.3) is 0 Å². The van der Waals surface area contributed by atoms with Gasteiger partial charge in [0.1, 0.15) is 0 Å². The van der Waals surface area contributed by atoms with Crippen LogP contribution >= 0.6 is 0 Å². The molecule has 1 aromatic rings. The second kappa shape index (κ2) is 4.00. The lowest BCUT2D eigenvalue weighted by molar-refractivity contribution is 0.183. The summed E-state index contributed by atoms with van der Waals surface area (Å²) in [7, 11) is 0. The lowest BCUT2D eigenvalue weighted by Crippen LogP contribution is -2.28. The van der Waals surface area contributed by atoms with Gasteiger partial charge in [-0.15, -0.1) is 0 Å². The van der Waals surface area contributed by atoms with Crippen LogP contribution in [0.3, 0.4) is 0 Å². The Hall–Kier alpha value is -0.780. The van der Waals surface area contributed by atoms with Crippen molar-refractivity contribution in [2.75, 3.05) is 0 Å². The molecule has 2 rings (SSSR count). The summed E-state index contributed by atoms with van der Waals surface area (Å²) in [5.74, 6) is 0.873. The van der Waals surface area contributed by atoms with Crippen LogP contribution in [0.2, 0.25) is 0 Å². The SMILES string of the molecule is CCC(C)(C)C1CCc2ccccc2C1. The summed E-state index contributed by atoms with van der Waals surface area (Å²) >= 11 is 0. The van der Waals surface area contributed by atoms with Crippen LogP contribution in [0.4, 0.5) is 0 Å². The van der Waals surface area contributed by atoms with Crippen molar-refractivity contribution >= 4 is 0 Å². The van der Waals surface area contributed by atoms with E-state index in [0.29, 0.717) is 5.41 Å². The van der Waals surface area contributed by atoms with Crippen LogP contribution in [-0.4, -0.2) is 0 Å². The van der Waals surface area contributed by atoms with Gasteiger partial charge in [-0.3, -0.25) is 0 Å². The van der Waals surface area contributed by atoms with E-state index < -0.39 is 0 Å². The summed E-state index contributed by atoms with van der Waals surface area (Å²) in [5.41, 5.74) is 3.68. The Morgan fingerprint density at radius 3 is 2.53 bits per heavy atom. The molecule has 82 valence electrons. The van der Waals surface area contributed by atoms with Crippen molar-refractivity contribution in [2.45, 2.75) is 46.5 Å². The van der Waals surface area contributed by atoms with Crippen LogP contribution < -0.4 is 0 Å². The molecule has 0 N–H and O–H groups in total. The average molecular weight is 202 g/mol. The highest BCUT2D eigenvalue weighted by Crippen LogP contribution is 2.39. The van der Waals surface area contributed by atoms with Gasteiger partial charge >= 0.3 is 0 Å². The molecule has 0 aliphatic heterocycles. The zero-order chi connectivity index (χ0) is 10.9. The Labute approximate surface area is 93.7 Å². The predicted octanol–water partition coefficient (Wildman–Crippen LogP) is 4.23. The highest BCUT2D eigenvalue weighted by atomic mass is 14.3. The van der Waals surface area contributed by atoms with Crippen LogP contribution in [0.1, 0.15) is 44.7 Å². The van der Waals surface area contributed by atoms with Crippen molar-refractivity contribution in [3.05, 3.63) is 35.4 Å². The highest BCUT2D eigenvalue weighted by molar-refractivity contribution is 5.30. The van der Waals surface area contributed by atoms with Crippen LogP contribution in [0.5, 0.6) is 0 Å². The van der Waals surface area contributed by atoms with Crippen molar-refractivity contribution in [3.8, 4) is 0 Å². The maximum Gasteiger partial charge on any atom is -0.0242 e. The molecule has 1 unspecified atom stereocenters. The van der Waals surface area contributed by atoms with Crippen molar-refractivity contribution in [3.63, 3.8) is 0 Å². The lowest BCUT2D eigenvalue weighted by atomic mass is 9.68. The highest BCUT2D eigenvalue weighted by Gasteiger charge is 2.30. The van der Waals surface area contributed by atoms with Gasteiger partial charge in [-0.25, -0.2) is 0 Å². The van der Waals surface area contributed by atoms with E-state index in [2.05, 4.69) is 45.0 Å². The molecule has 1 aromatic carbocycles. The number of benzene rings is 1. The Morgan fingerprint density at radius 2 is 1.87 bits per heavy atom. The fraction of sp³-hybridized carbons (Fsp3) is 0.600. The van der Waals surface area contributed by atoms with E-state index >= 15 is 0 Å². The molecule has 0 heterocycles. The fourth-order valence-electron chi connectivity index (χ4n) is 2.65. The first-order valence-electron chi connectivity index (χ1n) is 6.20. The van der Waals surface area contributed by atoms with Gasteiger partial charge in [-0.2, -0.15) is 0 Å². The summed E-state index contributed by atoms with van der Waals surface area (Å²) in [6.45, 7) is 7.16. The van der Waals surface area contributed by atoms with E-state index in [1.165, 1.54) is 25.7 Å². The van der Waals surface area contributed by atoms with Gasteiger partial charge in [-0.05, 0) is 41.7 Å². The zero-order valence-corrected chi connectivity index (χ0v) is 10.2. The topological polar surface area (TPSA) is 0 Å². The van der Waals surface area contributed by atoms with Crippen LogP contribution in [0.25, 0.3) is 0 Å². The minimum absolute atomic E-state index is 0.507. The molecule has 1 aliphatic rings. The van der Waals surface area contributed by atoms with E-state index in [4.69, 9.17) is 0 Å². The molecule has 0 bridgehead atoms. The maximum absolute atomic E-state index is 2.42. The van der Waals surface area contributed by atoms with Gasteiger partial charge < -0.3 is 0 Å². The third-order valence-corrected chi connectivity index (χ3v) is 4.36. The predicted molar refractivity (Wildman–Crippen MR) is 66.0 cm³/mol. The Kier molecular flexibility index (Phi) is 2.86. The average Bonchev–Trinajstić information content (AvgIpc) is 2.28. The standard InChI is InChI=1S/C15H22/c1-4-15(2,3)14-10-9-12-7-5-6-8-13(12)11-14/h5-8,14H,4,9-11H2,1-3H3. The quantitative estimate of drug-likeness (QED) is 0.673. The van der Waals surface area contributed by atoms with Crippen molar-refractivity contribution in [1.82, 2.24) is 0 Å². The molecule has 0 heteroatoms. The van der Waals surface area contributed by atoms with Crippen molar-refractivity contribution in [2.24, 2.45) is 11.3 Å². The molecule has 15 heavy (non-hydrogen) atoms. The molecule has 1 aliphatic carbocycles. The molecular weight excluding hydrogens is 180 g/mol. The first-order chi connectivity index (χ1) is 7.13. The van der Waals surface area contributed by atoms with Gasteiger partial charge in [-0.1, -0.05) is 51.5 Å². The number of fused-ring (bicyclic) bond motifs is 1. The minimum Gasteiger partial charge on any atom is -0.0649 e. The third-order valence-electron chi connectivity index (χ3n) is 4.36. The summed E-state index contributed by atoms with van der Waals surface area (Å²) in [6.07, 6.45) is 5.24. The Morgan fingerprint density at radius 1 is 1.20 bits per heavy atom. The van der Waals surface area contributed by atoms with Gasteiger partial charge in [0.05, 0.1) is 0 Å². The third kappa shape index (κ3) is 2.09. The number of hydrogen-bond donors (Lipinski definition) is 0. The molecule has 0 saturated carbocycles. The second-order valence-electron chi connectivity index (χ2n) is 5.55. The zero-order valence-electron chi connectivity index (χ0n) is 10.2. The van der Waals surface area contributed by atoms with Crippen LogP contribution in [-0.2, 0) is 12.8 Å². The monoisotopic (exact) mass is 202 g/mol. The normalized spacial score (nSPS) is 21.1. The first kappa shape index (κ1) is 10.7. The Balaban J connectivity index is 2.19. The minimum atomic E-state index is 0.507. The van der Waals surface area contributed by atoms with E-state index in [1.54, 1.807) is 11.1 Å². The maximum atomic E-state index is 2.42. The second-order valence-corrected chi connectivity index (χ2v) is 5.55. The van der Waals surface area contributed by atoms with Crippen molar-refractivity contribution < 1.29 is 0 Å². The van der Waals surface area contributed by atoms with E-state index in [0.717, 1.165) is 5.92 Å². The molecule has 0 radical (unpaired) electrons. The Bertz CT molecular complexity index is 336.